The van der Waals surface area contributed by atoms with Gasteiger partial charge >= 0.3 is 0 Å². The van der Waals surface area contributed by atoms with Crippen molar-refractivity contribution in [2.45, 2.75) is 17.7 Å². The maximum atomic E-state index is 9.20. The van der Waals surface area contributed by atoms with Gasteiger partial charge in [-0.15, -0.1) is 11.8 Å². The van der Waals surface area contributed by atoms with Crippen LogP contribution in [0.1, 0.15) is 18.4 Å². The van der Waals surface area contributed by atoms with Gasteiger partial charge in [-0.25, -0.2) is 0 Å². The molecule has 1 heterocycles. The number of benzene rings is 1. The van der Waals surface area contributed by atoms with Crippen molar-refractivity contribution in [3.05, 3.63) is 23.8 Å². The van der Waals surface area contributed by atoms with Crippen LogP contribution in [0.4, 0.5) is 0 Å². The molecule has 1 aliphatic heterocycles. The van der Waals surface area contributed by atoms with Crippen LogP contribution in [0.25, 0.3) is 0 Å². The monoisotopic (exact) mass is 263 g/mol. The molecule has 1 aromatic rings. The number of ether oxygens (including phenoxy) is 2. The molecule has 96 valence electrons. The number of hydrogen-bond donors (Lipinski definition) is 0. The lowest BCUT2D eigenvalue weighted by Crippen LogP contribution is -2.21. The number of rotatable bonds is 4. The molecule has 0 bridgehead atoms. The van der Waals surface area contributed by atoms with E-state index in [1.165, 1.54) is 0 Å². The van der Waals surface area contributed by atoms with E-state index in [1.54, 1.807) is 11.8 Å². The smallest absolute Gasteiger partial charge is 0.138 e. The second kappa shape index (κ2) is 6.67. The van der Waals surface area contributed by atoms with Gasteiger partial charge in [0, 0.05) is 18.1 Å². The lowest BCUT2D eigenvalue weighted by atomic mass is 10.0. The van der Waals surface area contributed by atoms with Crippen LogP contribution in [0.5, 0.6) is 5.75 Å². The zero-order valence-corrected chi connectivity index (χ0v) is 11.3. The van der Waals surface area contributed by atoms with E-state index in [4.69, 9.17) is 9.47 Å². The highest BCUT2D eigenvalue weighted by Gasteiger charge is 2.16. The van der Waals surface area contributed by atoms with Crippen LogP contribution in [0.3, 0.4) is 0 Å². The molecule has 1 aliphatic rings. The number of nitriles is 1. The van der Waals surface area contributed by atoms with Crippen molar-refractivity contribution in [2.24, 2.45) is 5.92 Å². The SMILES string of the molecule is CSc1cccc(OCC2CCOCC2)c1C#N. The molecule has 4 heteroatoms. The van der Waals surface area contributed by atoms with Crippen molar-refractivity contribution in [2.75, 3.05) is 26.1 Å². The molecule has 1 aromatic carbocycles. The van der Waals surface area contributed by atoms with Gasteiger partial charge in [0.2, 0.25) is 0 Å². The topological polar surface area (TPSA) is 42.2 Å². The van der Waals surface area contributed by atoms with Crippen molar-refractivity contribution in [1.82, 2.24) is 0 Å². The average molecular weight is 263 g/mol. The second-order valence-corrected chi connectivity index (χ2v) is 5.16. The summed E-state index contributed by atoms with van der Waals surface area (Å²) >= 11 is 1.57. The van der Waals surface area contributed by atoms with Gasteiger partial charge in [0.15, 0.2) is 0 Å². The molecule has 1 saturated heterocycles. The molecule has 0 saturated carbocycles. The van der Waals surface area contributed by atoms with Crippen LogP contribution in [0.15, 0.2) is 23.1 Å². The minimum absolute atomic E-state index is 0.545. The van der Waals surface area contributed by atoms with Gasteiger partial charge in [0.25, 0.3) is 0 Å². The largest absolute Gasteiger partial charge is 0.492 e. The summed E-state index contributed by atoms with van der Waals surface area (Å²) in [7, 11) is 0. The van der Waals surface area contributed by atoms with Gasteiger partial charge in [-0.1, -0.05) is 6.07 Å². The van der Waals surface area contributed by atoms with Gasteiger partial charge in [0.05, 0.1) is 6.61 Å². The quantitative estimate of drug-likeness (QED) is 0.783. The summed E-state index contributed by atoms with van der Waals surface area (Å²) in [6, 6.07) is 7.99. The van der Waals surface area contributed by atoms with Crippen LogP contribution in [0.2, 0.25) is 0 Å². The first-order chi connectivity index (χ1) is 8.85. The maximum Gasteiger partial charge on any atom is 0.138 e. The predicted molar refractivity (Wildman–Crippen MR) is 72.0 cm³/mol. The highest BCUT2D eigenvalue weighted by Crippen LogP contribution is 2.28. The Kier molecular flexibility index (Phi) is 4.91. The molecule has 3 nitrogen and oxygen atoms in total. The van der Waals surface area contributed by atoms with E-state index in [0.717, 1.165) is 31.0 Å². The second-order valence-electron chi connectivity index (χ2n) is 4.31. The summed E-state index contributed by atoms with van der Waals surface area (Å²) < 4.78 is 11.1. The molecule has 0 N–H and O–H groups in total. The van der Waals surface area contributed by atoms with E-state index in [9.17, 15) is 5.26 Å². The fourth-order valence-corrected chi connectivity index (χ4v) is 2.60. The van der Waals surface area contributed by atoms with E-state index in [2.05, 4.69) is 6.07 Å². The van der Waals surface area contributed by atoms with E-state index >= 15 is 0 Å². The third-order valence-corrected chi connectivity index (χ3v) is 3.92. The summed E-state index contributed by atoms with van der Waals surface area (Å²) in [5.41, 5.74) is 0.650. The first kappa shape index (κ1) is 13.3. The van der Waals surface area contributed by atoms with Crippen LogP contribution < -0.4 is 4.74 Å². The Labute approximate surface area is 112 Å². The van der Waals surface area contributed by atoms with Gasteiger partial charge in [-0.3, -0.25) is 0 Å². The highest BCUT2D eigenvalue weighted by atomic mass is 32.2. The van der Waals surface area contributed by atoms with E-state index < -0.39 is 0 Å². The van der Waals surface area contributed by atoms with Gasteiger partial charge in [0.1, 0.15) is 17.4 Å². The van der Waals surface area contributed by atoms with Crippen LogP contribution in [-0.4, -0.2) is 26.1 Å². The van der Waals surface area contributed by atoms with Crippen molar-refractivity contribution in [3.8, 4) is 11.8 Å². The number of hydrogen-bond acceptors (Lipinski definition) is 4. The maximum absolute atomic E-state index is 9.20. The summed E-state index contributed by atoms with van der Waals surface area (Å²) in [6.07, 6.45) is 4.06. The van der Waals surface area contributed by atoms with Crippen molar-refractivity contribution < 1.29 is 9.47 Å². The van der Waals surface area contributed by atoms with Crippen LogP contribution in [-0.2, 0) is 4.74 Å². The molecule has 0 radical (unpaired) electrons. The first-order valence-electron chi connectivity index (χ1n) is 6.12. The summed E-state index contributed by atoms with van der Waals surface area (Å²) in [5, 5.41) is 9.20. The number of thioether (sulfide) groups is 1. The molecule has 0 spiro atoms. The van der Waals surface area contributed by atoms with E-state index in [1.807, 2.05) is 24.5 Å². The lowest BCUT2D eigenvalue weighted by Gasteiger charge is -2.22. The molecule has 2 rings (SSSR count). The number of nitrogens with zero attached hydrogens (tertiary/aromatic N) is 1. The Morgan fingerprint density at radius 2 is 2.22 bits per heavy atom. The summed E-state index contributed by atoms with van der Waals surface area (Å²) in [6.45, 7) is 2.32. The molecular weight excluding hydrogens is 246 g/mol. The molecule has 0 atom stereocenters. The van der Waals surface area contributed by atoms with Crippen LogP contribution >= 0.6 is 11.8 Å². The minimum Gasteiger partial charge on any atom is -0.492 e. The third-order valence-electron chi connectivity index (χ3n) is 3.14. The Hall–Kier alpha value is -1.18. The molecule has 1 fully saturated rings. The Morgan fingerprint density at radius 3 is 2.89 bits per heavy atom. The molecule has 0 amide bonds. The molecule has 0 aliphatic carbocycles. The molecule has 0 unspecified atom stereocenters. The molecule has 0 aromatic heterocycles. The van der Waals surface area contributed by atoms with Crippen molar-refractivity contribution in [3.63, 3.8) is 0 Å². The zero-order valence-electron chi connectivity index (χ0n) is 10.5. The van der Waals surface area contributed by atoms with E-state index in [0.29, 0.717) is 23.8 Å². The fourth-order valence-electron chi connectivity index (χ4n) is 2.03. The summed E-state index contributed by atoms with van der Waals surface area (Å²) in [5.74, 6) is 1.25. The fraction of sp³-hybridized carbons (Fsp3) is 0.500. The van der Waals surface area contributed by atoms with E-state index in [-0.39, 0.29) is 0 Å². The standard InChI is InChI=1S/C14H17NO2S/c1-18-14-4-2-3-13(12(14)9-15)17-10-11-5-7-16-8-6-11/h2-4,11H,5-8,10H2,1H3. The highest BCUT2D eigenvalue weighted by molar-refractivity contribution is 7.98. The predicted octanol–water partition coefficient (Wildman–Crippen LogP) is 3.09. The molecular formula is C14H17NO2S. The normalized spacial score (nSPS) is 16.2. The Balaban J connectivity index is 2.02. The third kappa shape index (κ3) is 3.18. The van der Waals surface area contributed by atoms with Crippen molar-refractivity contribution >= 4 is 11.8 Å². The first-order valence-corrected chi connectivity index (χ1v) is 7.35. The van der Waals surface area contributed by atoms with Crippen molar-refractivity contribution in [1.29, 1.82) is 5.26 Å². The summed E-state index contributed by atoms with van der Waals surface area (Å²) in [4.78, 5) is 0.974. The van der Waals surface area contributed by atoms with Gasteiger partial charge in [-0.2, -0.15) is 5.26 Å². The average Bonchev–Trinajstić information content (AvgIpc) is 2.45. The van der Waals surface area contributed by atoms with Gasteiger partial charge in [-0.05, 0) is 37.1 Å². The Morgan fingerprint density at radius 1 is 1.44 bits per heavy atom. The lowest BCUT2D eigenvalue weighted by molar-refractivity contribution is 0.0497. The van der Waals surface area contributed by atoms with Crippen LogP contribution in [0, 0.1) is 17.2 Å². The molecule has 18 heavy (non-hydrogen) atoms. The van der Waals surface area contributed by atoms with Gasteiger partial charge < -0.3 is 9.47 Å². The Bertz CT molecular complexity index is 436. The minimum atomic E-state index is 0.545. The zero-order chi connectivity index (χ0) is 12.8.